The van der Waals surface area contributed by atoms with Crippen molar-refractivity contribution in [2.75, 3.05) is 19.6 Å². The first-order chi connectivity index (χ1) is 7.99. The molecule has 1 fully saturated rings. The molecule has 2 heterocycles. The molecule has 2 rings (SSSR count). The molecule has 0 bridgehead atoms. The molecule has 0 spiro atoms. The van der Waals surface area contributed by atoms with Crippen LogP contribution >= 0.6 is 0 Å². The minimum Gasteiger partial charge on any atom is -0.339 e. The Morgan fingerprint density at radius 3 is 2.71 bits per heavy atom. The highest BCUT2D eigenvalue weighted by Gasteiger charge is 2.29. The molecule has 1 aliphatic rings. The summed E-state index contributed by atoms with van der Waals surface area (Å²) in [5.41, 5.74) is -0.345. The Kier molecular flexibility index (Phi) is 3.04. The van der Waals surface area contributed by atoms with Gasteiger partial charge in [-0.1, -0.05) is 5.16 Å². The summed E-state index contributed by atoms with van der Waals surface area (Å²) < 4.78 is 5.14. The van der Waals surface area contributed by atoms with Gasteiger partial charge in [0.1, 0.15) is 0 Å². The number of hydrogen-bond acceptors (Lipinski definition) is 4. The van der Waals surface area contributed by atoms with Crippen molar-refractivity contribution < 1.29 is 9.32 Å². The lowest BCUT2D eigenvalue weighted by molar-refractivity contribution is 0.164. The Morgan fingerprint density at radius 1 is 1.53 bits per heavy atom. The van der Waals surface area contributed by atoms with E-state index in [1.165, 1.54) is 0 Å². The topological polar surface area (TPSA) is 71.3 Å². The zero-order valence-electron chi connectivity index (χ0n) is 10.5. The monoisotopic (exact) mass is 238 g/mol. The lowest BCUT2D eigenvalue weighted by atomic mass is 9.93. The van der Waals surface area contributed by atoms with Gasteiger partial charge in [-0.2, -0.15) is 4.98 Å². The van der Waals surface area contributed by atoms with E-state index in [-0.39, 0.29) is 11.4 Å². The second-order valence-corrected chi connectivity index (χ2v) is 5.03. The molecule has 2 amide bonds. The maximum Gasteiger partial charge on any atom is 0.317 e. The summed E-state index contributed by atoms with van der Waals surface area (Å²) in [5, 5.41) is 6.66. The van der Waals surface area contributed by atoms with Gasteiger partial charge >= 0.3 is 6.03 Å². The van der Waals surface area contributed by atoms with E-state index >= 15 is 0 Å². The number of urea groups is 1. The molecular weight excluding hydrogens is 220 g/mol. The van der Waals surface area contributed by atoms with E-state index in [1.54, 1.807) is 11.8 Å². The van der Waals surface area contributed by atoms with Crippen LogP contribution in [0.25, 0.3) is 0 Å². The van der Waals surface area contributed by atoms with Crippen LogP contribution in [0.2, 0.25) is 0 Å². The molecule has 0 aliphatic carbocycles. The number of nitrogens with one attached hydrogen (secondary N) is 1. The van der Waals surface area contributed by atoms with Gasteiger partial charge in [-0.05, 0) is 27.2 Å². The molecule has 6 nitrogen and oxygen atoms in total. The highest BCUT2D eigenvalue weighted by atomic mass is 16.5. The summed E-state index contributed by atoms with van der Waals surface area (Å²) in [4.78, 5) is 17.6. The number of carbonyl (C=O) groups is 1. The van der Waals surface area contributed by atoms with Gasteiger partial charge in [-0.25, -0.2) is 4.79 Å². The summed E-state index contributed by atoms with van der Waals surface area (Å²) in [6.45, 7) is 7.91. The third-order valence-corrected chi connectivity index (χ3v) is 2.93. The minimum absolute atomic E-state index is 0.0134. The van der Waals surface area contributed by atoms with Gasteiger partial charge in [-0.3, -0.25) is 0 Å². The van der Waals surface area contributed by atoms with Gasteiger partial charge < -0.3 is 14.7 Å². The van der Waals surface area contributed by atoms with Crippen molar-refractivity contribution in [1.82, 2.24) is 20.4 Å². The fourth-order valence-electron chi connectivity index (χ4n) is 1.58. The van der Waals surface area contributed by atoms with E-state index in [4.69, 9.17) is 4.52 Å². The number of carbonyl (C=O) groups excluding carboxylic acids is 1. The Labute approximate surface area is 100 Å². The summed E-state index contributed by atoms with van der Waals surface area (Å²) in [5.74, 6) is 1.17. The fraction of sp³-hybridized carbons (Fsp3) is 0.727. The molecule has 1 aromatic heterocycles. The van der Waals surface area contributed by atoms with Crippen LogP contribution in [0.1, 0.15) is 32.0 Å². The van der Waals surface area contributed by atoms with Gasteiger partial charge in [0.05, 0.1) is 5.41 Å². The van der Waals surface area contributed by atoms with E-state index in [1.807, 2.05) is 13.8 Å². The lowest BCUT2D eigenvalue weighted by Gasteiger charge is -2.32. The van der Waals surface area contributed by atoms with Crippen molar-refractivity contribution in [3.05, 3.63) is 11.7 Å². The number of aryl methyl sites for hydroxylation is 1. The highest BCUT2D eigenvalue weighted by Crippen LogP contribution is 2.20. The minimum atomic E-state index is -0.345. The largest absolute Gasteiger partial charge is 0.339 e. The number of hydrogen-bond donors (Lipinski definition) is 1. The zero-order chi connectivity index (χ0) is 12.5. The first kappa shape index (κ1) is 11.9. The summed E-state index contributed by atoms with van der Waals surface area (Å²) >= 11 is 0. The molecule has 1 saturated heterocycles. The van der Waals surface area contributed by atoms with Gasteiger partial charge in [0.25, 0.3) is 0 Å². The number of nitrogens with zero attached hydrogens (tertiary/aromatic N) is 3. The number of amides is 2. The van der Waals surface area contributed by atoms with Crippen molar-refractivity contribution in [3.8, 4) is 0 Å². The molecular formula is C11H18N4O2. The van der Waals surface area contributed by atoms with E-state index in [0.717, 1.165) is 19.5 Å². The fourth-order valence-corrected chi connectivity index (χ4v) is 1.58. The van der Waals surface area contributed by atoms with Crippen LogP contribution in [-0.2, 0) is 5.41 Å². The number of aromatic nitrogens is 2. The van der Waals surface area contributed by atoms with Crippen LogP contribution in [0.15, 0.2) is 4.52 Å². The quantitative estimate of drug-likeness (QED) is 0.855. The first-order valence-corrected chi connectivity index (χ1v) is 5.82. The lowest BCUT2D eigenvalue weighted by Crippen LogP contribution is -2.50. The van der Waals surface area contributed by atoms with Gasteiger partial charge in [-0.15, -0.1) is 0 Å². The summed E-state index contributed by atoms with van der Waals surface area (Å²) in [6.07, 6.45) is 1.10. The predicted octanol–water partition coefficient (Wildman–Crippen LogP) is 1.07. The van der Waals surface area contributed by atoms with Crippen molar-refractivity contribution in [2.24, 2.45) is 0 Å². The zero-order valence-corrected chi connectivity index (χ0v) is 10.5. The predicted molar refractivity (Wildman–Crippen MR) is 61.6 cm³/mol. The van der Waals surface area contributed by atoms with Crippen LogP contribution in [0, 0.1) is 6.92 Å². The van der Waals surface area contributed by atoms with Crippen LogP contribution in [0.5, 0.6) is 0 Å². The molecule has 1 aliphatic heterocycles. The van der Waals surface area contributed by atoms with Gasteiger partial charge in [0.15, 0.2) is 5.82 Å². The Balaban J connectivity index is 1.90. The van der Waals surface area contributed by atoms with Crippen molar-refractivity contribution in [2.45, 2.75) is 32.6 Å². The van der Waals surface area contributed by atoms with Crippen LogP contribution < -0.4 is 5.32 Å². The average molecular weight is 238 g/mol. The molecule has 0 radical (unpaired) electrons. The Hall–Kier alpha value is -1.59. The molecule has 0 atom stereocenters. The average Bonchev–Trinajstić information content (AvgIpc) is 2.60. The highest BCUT2D eigenvalue weighted by molar-refractivity contribution is 5.74. The maximum absolute atomic E-state index is 11.7. The van der Waals surface area contributed by atoms with E-state index in [9.17, 15) is 4.79 Å². The molecule has 1 aromatic rings. The van der Waals surface area contributed by atoms with Crippen LogP contribution in [0.3, 0.4) is 0 Å². The second-order valence-electron chi connectivity index (χ2n) is 5.03. The third kappa shape index (κ3) is 2.57. The van der Waals surface area contributed by atoms with Crippen molar-refractivity contribution in [3.63, 3.8) is 0 Å². The normalized spacial score (nSPS) is 15.6. The van der Waals surface area contributed by atoms with Gasteiger partial charge in [0.2, 0.25) is 5.89 Å². The SMILES string of the molecule is Cc1noc(C(C)(C)CNC(=O)N2CCC2)n1. The first-order valence-electron chi connectivity index (χ1n) is 5.82. The molecule has 17 heavy (non-hydrogen) atoms. The molecule has 0 saturated carbocycles. The van der Waals surface area contributed by atoms with Gasteiger partial charge in [0, 0.05) is 19.6 Å². The van der Waals surface area contributed by atoms with E-state index in [0.29, 0.717) is 18.3 Å². The molecule has 6 heteroatoms. The van der Waals surface area contributed by atoms with Crippen LogP contribution in [0.4, 0.5) is 4.79 Å². The second kappa shape index (κ2) is 4.35. The van der Waals surface area contributed by atoms with E-state index in [2.05, 4.69) is 15.5 Å². The number of likely N-dealkylation sites (tertiary alicyclic amines) is 1. The van der Waals surface area contributed by atoms with Crippen molar-refractivity contribution in [1.29, 1.82) is 0 Å². The Bertz CT molecular complexity index is 409. The maximum atomic E-state index is 11.7. The molecule has 1 N–H and O–H groups in total. The Morgan fingerprint density at radius 2 is 2.24 bits per heavy atom. The van der Waals surface area contributed by atoms with Crippen molar-refractivity contribution >= 4 is 6.03 Å². The number of rotatable bonds is 3. The van der Waals surface area contributed by atoms with Crippen LogP contribution in [-0.4, -0.2) is 40.7 Å². The third-order valence-electron chi connectivity index (χ3n) is 2.93. The molecule has 0 aromatic carbocycles. The summed E-state index contributed by atoms with van der Waals surface area (Å²) in [7, 11) is 0. The smallest absolute Gasteiger partial charge is 0.317 e. The molecule has 94 valence electrons. The summed E-state index contributed by atoms with van der Waals surface area (Å²) in [6, 6.07) is -0.0134. The van der Waals surface area contributed by atoms with E-state index < -0.39 is 0 Å². The standard InChI is InChI=1S/C11H18N4O2/c1-8-13-9(17-14-8)11(2,3)7-12-10(16)15-5-4-6-15/h4-7H2,1-3H3,(H,12,16). The molecule has 0 unspecified atom stereocenters.